The zero-order valence-corrected chi connectivity index (χ0v) is 6.34. The Morgan fingerprint density at radius 3 is 2.50 bits per heavy atom. The van der Waals surface area contributed by atoms with Gasteiger partial charge >= 0.3 is 0 Å². The molecule has 0 radical (unpaired) electrons. The minimum atomic E-state index is 0.803. The number of nitrogens with one attached hydrogen (secondary N) is 1. The van der Waals surface area contributed by atoms with Crippen LogP contribution >= 0.6 is 0 Å². The fraction of sp³-hybridized carbons (Fsp3) is 0.778. The van der Waals surface area contributed by atoms with Crippen LogP contribution in [-0.2, 0) is 0 Å². The molecule has 1 saturated carbocycles. The van der Waals surface area contributed by atoms with E-state index in [1.165, 1.54) is 32.1 Å². The molecule has 1 nitrogen and oxygen atoms in total. The standard InChI is InChI=1S/C9H15N/c1-2-4-8(5-3-1)10-9-6-7-9/h1-2,8-10H,3-7H2. The quantitative estimate of drug-likeness (QED) is 0.573. The lowest BCUT2D eigenvalue weighted by Crippen LogP contribution is -2.31. The van der Waals surface area contributed by atoms with Gasteiger partial charge in [-0.25, -0.2) is 0 Å². The van der Waals surface area contributed by atoms with E-state index in [0.717, 1.165) is 12.1 Å². The van der Waals surface area contributed by atoms with Crippen LogP contribution in [0.25, 0.3) is 0 Å². The molecular weight excluding hydrogens is 122 g/mol. The van der Waals surface area contributed by atoms with E-state index in [1.54, 1.807) is 0 Å². The van der Waals surface area contributed by atoms with Crippen LogP contribution in [-0.4, -0.2) is 12.1 Å². The van der Waals surface area contributed by atoms with Gasteiger partial charge in [0.25, 0.3) is 0 Å². The van der Waals surface area contributed by atoms with E-state index in [0.29, 0.717) is 0 Å². The molecule has 56 valence electrons. The molecule has 0 aromatic carbocycles. The van der Waals surface area contributed by atoms with Gasteiger partial charge in [0.2, 0.25) is 0 Å². The SMILES string of the molecule is C1=CCC(NC2CC2)CC1. The van der Waals surface area contributed by atoms with Crippen LogP contribution in [0.2, 0.25) is 0 Å². The van der Waals surface area contributed by atoms with E-state index in [9.17, 15) is 0 Å². The highest BCUT2D eigenvalue weighted by atomic mass is 15.0. The molecule has 0 heterocycles. The normalized spacial score (nSPS) is 32.6. The topological polar surface area (TPSA) is 12.0 Å². The fourth-order valence-electron chi connectivity index (χ4n) is 1.53. The highest BCUT2D eigenvalue weighted by Crippen LogP contribution is 2.22. The molecule has 1 N–H and O–H groups in total. The molecule has 10 heavy (non-hydrogen) atoms. The van der Waals surface area contributed by atoms with Crippen LogP contribution in [0.1, 0.15) is 32.1 Å². The molecule has 0 spiro atoms. The monoisotopic (exact) mass is 137 g/mol. The van der Waals surface area contributed by atoms with Gasteiger partial charge in [-0.1, -0.05) is 12.2 Å². The molecule has 0 bridgehead atoms. The van der Waals surface area contributed by atoms with E-state index in [-0.39, 0.29) is 0 Å². The van der Waals surface area contributed by atoms with Gasteiger partial charge in [-0.2, -0.15) is 0 Å². The van der Waals surface area contributed by atoms with E-state index >= 15 is 0 Å². The number of hydrogen-bond acceptors (Lipinski definition) is 1. The first-order valence-electron chi connectivity index (χ1n) is 4.36. The Balaban J connectivity index is 1.75. The van der Waals surface area contributed by atoms with Crippen LogP contribution in [0.15, 0.2) is 12.2 Å². The lowest BCUT2D eigenvalue weighted by Gasteiger charge is -2.18. The third-order valence-electron chi connectivity index (χ3n) is 2.32. The summed E-state index contributed by atoms with van der Waals surface area (Å²) < 4.78 is 0. The largest absolute Gasteiger partial charge is 0.311 e. The molecule has 2 aliphatic carbocycles. The predicted octanol–water partition coefficient (Wildman–Crippen LogP) is 1.85. The average molecular weight is 137 g/mol. The second kappa shape index (κ2) is 2.75. The van der Waals surface area contributed by atoms with Crippen LogP contribution in [0.5, 0.6) is 0 Å². The zero-order chi connectivity index (χ0) is 6.81. The maximum atomic E-state index is 3.64. The molecule has 0 aromatic heterocycles. The van der Waals surface area contributed by atoms with Gasteiger partial charge in [0.15, 0.2) is 0 Å². The minimum absolute atomic E-state index is 0.803. The van der Waals surface area contributed by atoms with E-state index in [1.807, 2.05) is 0 Å². The summed E-state index contributed by atoms with van der Waals surface area (Å²) in [5.74, 6) is 0. The molecule has 1 unspecified atom stereocenters. The summed E-state index contributed by atoms with van der Waals surface area (Å²) in [5.41, 5.74) is 0. The third-order valence-corrected chi connectivity index (χ3v) is 2.32. The van der Waals surface area contributed by atoms with Crippen molar-refractivity contribution in [2.24, 2.45) is 0 Å². The van der Waals surface area contributed by atoms with Crippen molar-refractivity contribution in [1.82, 2.24) is 5.32 Å². The molecule has 0 aromatic rings. The van der Waals surface area contributed by atoms with Crippen molar-refractivity contribution in [1.29, 1.82) is 0 Å². The number of rotatable bonds is 2. The molecule has 1 atom stereocenters. The predicted molar refractivity (Wildman–Crippen MR) is 42.9 cm³/mol. The summed E-state index contributed by atoms with van der Waals surface area (Å²) in [7, 11) is 0. The van der Waals surface area contributed by atoms with Crippen molar-refractivity contribution in [3.05, 3.63) is 12.2 Å². The van der Waals surface area contributed by atoms with Gasteiger partial charge in [0, 0.05) is 12.1 Å². The molecule has 0 aliphatic heterocycles. The minimum Gasteiger partial charge on any atom is -0.311 e. The molecular formula is C9H15N. The lowest BCUT2D eigenvalue weighted by atomic mass is 10.0. The second-order valence-corrected chi connectivity index (χ2v) is 3.42. The molecule has 2 aliphatic rings. The molecule has 1 heteroatoms. The number of allylic oxidation sites excluding steroid dienone is 1. The van der Waals surface area contributed by atoms with E-state index in [2.05, 4.69) is 17.5 Å². The van der Waals surface area contributed by atoms with Crippen molar-refractivity contribution < 1.29 is 0 Å². The zero-order valence-electron chi connectivity index (χ0n) is 6.34. The van der Waals surface area contributed by atoms with Crippen LogP contribution in [0.4, 0.5) is 0 Å². The van der Waals surface area contributed by atoms with Crippen LogP contribution in [0.3, 0.4) is 0 Å². The summed E-state index contributed by atoms with van der Waals surface area (Å²) in [6, 6.07) is 1.69. The fourth-order valence-corrected chi connectivity index (χ4v) is 1.53. The van der Waals surface area contributed by atoms with Crippen LogP contribution in [0, 0.1) is 0 Å². The van der Waals surface area contributed by atoms with Gasteiger partial charge in [-0.3, -0.25) is 0 Å². The summed E-state index contributed by atoms with van der Waals surface area (Å²) in [6.45, 7) is 0. The van der Waals surface area contributed by atoms with E-state index < -0.39 is 0 Å². The van der Waals surface area contributed by atoms with Gasteiger partial charge in [-0.05, 0) is 32.1 Å². The van der Waals surface area contributed by atoms with Gasteiger partial charge in [0.05, 0.1) is 0 Å². The Labute approximate surface area is 62.5 Å². The molecule has 0 saturated heterocycles. The van der Waals surface area contributed by atoms with Gasteiger partial charge in [0.1, 0.15) is 0 Å². The maximum absolute atomic E-state index is 3.64. The Hall–Kier alpha value is -0.300. The van der Waals surface area contributed by atoms with Crippen molar-refractivity contribution in [3.8, 4) is 0 Å². The average Bonchev–Trinajstić information content (AvgIpc) is 2.74. The lowest BCUT2D eigenvalue weighted by molar-refractivity contribution is 0.472. The Bertz CT molecular complexity index is 136. The summed E-state index contributed by atoms with van der Waals surface area (Å²) >= 11 is 0. The first kappa shape index (κ1) is 6.41. The highest BCUT2D eigenvalue weighted by molar-refractivity contribution is 4.95. The number of hydrogen-bond donors (Lipinski definition) is 1. The summed E-state index contributed by atoms with van der Waals surface area (Å²) in [6.07, 6.45) is 11.3. The van der Waals surface area contributed by atoms with Gasteiger partial charge in [-0.15, -0.1) is 0 Å². The van der Waals surface area contributed by atoms with E-state index in [4.69, 9.17) is 0 Å². The van der Waals surface area contributed by atoms with Crippen molar-refractivity contribution in [3.63, 3.8) is 0 Å². The Kier molecular flexibility index (Phi) is 1.76. The molecule has 1 fully saturated rings. The first-order chi connectivity index (χ1) is 4.95. The van der Waals surface area contributed by atoms with Crippen molar-refractivity contribution in [2.75, 3.05) is 0 Å². The van der Waals surface area contributed by atoms with Crippen molar-refractivity contribution in [2.45, 2.75) is 44.2 Å². The van der Waals surface area contributed by atoms with Crippen molar-refractivity contribution >= 4 is 0 Å². The second-order valence-electron chi connectivity index (χ2n) is 3.42. The first-order valence-corrected chi connectivity index (χ1v) is 4.36. The molecule has 0 amide bonds. The molecule has 2 rings (SSSR count). The smallest absolute Gasteiger partial charge is 0.0107 e. The summed E-state index contributed by atoms with van der Waals surface area (Å²) in [5, 5.41) is 3.64. The maximum Gasteiger partial charge on any atom is 0.0107 e. The van der Waals surface area contributed by atoms with Gasteiger partial charge < -0.3 is 5.32 Å². The Morgan fingerprint density at radius 1 is 1.00 bits per heavy atom. The summed E-state index contributed by atoms with van der Waals surface area (Å²) in [4.78, 5) is 0. The van der Waals surface area contributed by atoms with Crippen LogP contribution < -0.4 is 5.32 Å². The third kappa shape index (κ3) is 1.60. The highest BCUT2D eigenvalue weighted by Gasteiger charge is 2.24. The Morgan fingerprint density at radius 2 is 1.90 bits per heavy atom.